The molecule has 0 amide bonds. The van der Waals surface area contributed by atoms with E-state index < -0.39 is 0 Å². The van der Waals surface area contributed by atoms with E-state index in [9.17, 15) is 0 Å². The van der Waals surface area contributed by atoms with Crippen LogP contribution in [0.5, 0.6) is 0 Å². The summed E-state index contributed by atoms with van der Waals surface area (Å²) < 4.78 is 1.34. The van der Waals surface area contributed by atoms with Crippen LogP contribution in [0, 0.1) is 5.92 Å². The lowest BCUT2D eigenvalue weighted by Gasteiger charge is -2.28. The quantitative estimate of drug-likeness (QED) is 0.247. The van der Waals surface area contributed by atoms with Gasteiger partial charge >= 0.3 is 0 Å². The van der Waals surface area contributed by atoms with Crippen LogP contribution in [0.25, 0.3) is 16.3 Å². The number of allylic oxidation sites excluding steroid dienone is 1. The van der Waals surface area contributed by atoms with Gasteiger partial charge in [0.25, 0.3) is 0 Å². The van der Waals surface area contributed by atoms with Crippen molar-refractivity contribution < 1.29 is 0 Å². The van der Waals surface area contributed by atoms with Gasteiger partial charge in [-0.05, 0) is 78.6 Å². The summed E-state index contributed by atoms with van der Waals surface area (Å²) in [4.78, 5) is 8.07. The second-order valence-electron chi connectivity index (χ2n) is 12.1. The maximum atomic E-state index is 5.20. The lowest BCUT2D eigenvalue weighted by Crippen LogP contribution is -2.19. The van der Waals surface area contributed by atoms with Gasteiger partial charge in [-0.1, -0.05) is 95.5 Å². The Morgan fingerprint density at radius 1 is 0.757 bits per heavy atom. The van der Waals surface area contributed by atoms with Crippen molar-refractivity contribution in [3.63, 3.8) is 0 Å². The van der Waals surface area contributed by atoms with E-state index in [0.717, 1.165) is 0 Å². The van der Waals surface area contributed by atoms with Crippen molar-refractivity contribution in [2.24, 2.45) is 5.92 Å². The molecular weight excluding hydrogens is 487 g/mol. The van der Waals surface area contributed by atoms with Crippen molar-refractivity contribution in [1.29, 1.82) is 0 Å². The van der Waals surface area contributed by atoms with Gasteiger partial charge in [0.1, 0.15) is 0 Å². The zero-order valence-electron chi connectivity index (χ0n) is 22.7. The molecule has 0 radical (unpaired) electrons. The van der Waals surface area contributed by atoms with Gasteiger partial charge in [0, 0.05) is 21.1 Å². The summed E-state index contributed by atoms with van der Waals surface area (Å²) in [6, 6.07) is 14.2. The molecule has 2 heterocycles. The van der Waals surface area contributed by atoms with Crippen LogP contribution in [0.15, 0.2) is 51.9 Å². The highest BCUT2D eigenvalue weighted by atomic mass is 32.2. The number of nitrogens with zero attached hydrogens (tertiary/aromatic N) is 1. The zero-order valence-corrected chi connectivity index (χ0v) is 24.3. The summed E-state index contributed by atoms with van der Waals surface area (Å²) in [6.07, 6.45) is 20.1. The van der Waals surface area contributed by atoms with E-state index in [4.69, 9.17) is 4.98 Å². The van der Waals surface area contributed by atoms with E-state index in [1.807, 2.05) is 23.1 Å². The fourth-order valence-electron chi connectivity index (χ4n) is 6.56. The number of hydrogen-bond acceptors (Lipinski definition) is 3. The summed E-state index contributed by atoms with van der Waals surface area (Å²) in [7, 11) is 0. The molecule has 2 aliphatic carbocycles. The maximum absolute atomic E-state index is 5.20. The smallest absolute Gasteiger partial charge is 0.0969 e. The highest BCUT2D eigenvalue weighted by molar-refractivity contribution is 8.03. The molecular formula is C34H41NS2. The molecule has 2 fully saturated rings. The third-order valence-electron chi connectivity index (χ3n) is 9.13. The van der Waals surface area contributed by atoms with E-state index in [1.54, 1.807) is 0 Å². The van der Waals surface area contributed by atoms with Crippen LogP contribution in [0.3, 0.4) is 0 Å². The van der Waals surface area contributed by atoms with Crippen LogP contribution in [0.2, 0.25) is 0 Å². The van der Waals surface area contributed by atoms with Gasteiger partial charge < -0.3 is 0 Å². The number of rotatable bonds is 4. The minimum absolute atomic E-state index is 0.0724. The van der Waals surface area contributed by atoms with Crippen LogP contribution in [0.4, 0.5) is 0 Å². The Morgan fingerprint density at radius 2 is 1.38 bits per heavy atom. The minimum atomic E-state index is -0.0724. The highest BCUT2D eigenvalue weighted by Crippen LogP contribution is 2.44. The number of thiazole rings is 1. The van der Waals surface area contributed by atoms with Crippen molar-refractivity contribution in [2.75, 3.05) is 0 Å². The average molecular weight is 528 g/mol. The Bertz CT molecular complexity index is 1310. The summed E-state index contributed by atoms with van der Waals surface area (Å²) in [5.41, 5.74) is 8.88. The highest BCUT2D eigenvalue weighted by Gasteiger charge is 2.27. The normalized spacial score (nSPS) is 20.2. The first-order valence-electron chi connectivity index (χ1n) is 14.8. The Kier molecular flexibility index (Phi) is 7.66. The Balaban J connectivity index is 1.25. The molecule has 194 valence electrons. The largest absolute Gasteiger partial charge is 0.241 e. The number of thioether (sulfide) groups is 1. The molecule has 0 unspecified atom stereocenters. The van der Waals surface area contributed by atoms with Gasteiger partial charge in [0.2, 0.25) is 0 Å². The fraction of sp³-hybridized carbons (Fsp3) is 0.529. The Hall–Kier alpha value is -1.80. The lowest BCUT2D eigenvalue weighted by atomic mass is 9.77. The molecule has 0 atom stereocenters. The molecule has 0 bridgehead atoms. The van der Waals surface area contributed by atoms with E-state index in [1.165, 1.54) is 125 Å². The average Bonchev–Trinajstić information content (AvgIpc) is 3.12. The van der Waals surface area contributed by atoms with Gasteiger partial charge in [0.15, 0.2) is 0 Å². The first-order valence-corrected chi connectivity index (χ1v) is 16.4. The number of fused-ring (bicyclic) bond motifs is 2. The molecule has 0 spiro atoms. The van der Waals surface area contributed by atoms with Crippen molar-refractivity contribution in [3.05, 3.63) is 68.7 Å². The summed E-state index contributed by atoms with van der Waals surface area (Å²) >= 11 is 3.91. The molecule has 3 aliphatic rings. The molecule has 0 saturated heterocycles. The maximum Gasteiger partial charge on any atom is 0.0969 e. The number of benzene rings is 2. The van der Waals surface area contributed by atoms with E-state index in [0.29, 0.717) is 11.8 Å². The molecule has 1 aromatic heterocycles. The topological polar surface area (TPSA) is 12.9 Å². The Labute approximate surface area is 231 Å². The first kappa shape index (κ1) is 25.5. The molecule has 2 aromatic carbocycles. The molecule has 37 heavy (non-hydrogen) atoms. The van der Waals surface area contributed by atoms with Crippen LogP contribution in [-0.4, -0.2) is 4.98 Å². The molecule has 6 rings (SSSR count). The molecule has 1 aliphatic heterocycles. The van der Waals surface area contributed by atoms with Crippen LogP contribution in [0.1, 0.15) is 125 Å². The SMILES string of the molecule is CC(C)(c1ccc2c(c1)C=C=C(C1CCCCCC1)S2)c1ccc2sc(C3CCCCCCC3)nc2c1. The molecule has 3 aromatic rings. The van der Waals surface area contributed by atoms with Crippen LogP contribution < -0.4 is 0 Å². The third-order valence-corrected chi connectivity index (χ3v) is 11.6. The van der Waals surface area contributed by atoms with Crippen LogP contribution in [-0.2, 0) is 5.41 Å². The van der Waals surface area contributed by atoms with E-state index in [-0.39, 0.29) is 5.41 Å². The van der Waals surface area contributed by atoms with Gasteiger partial charge in [-0.2, -0.15) is 0 Å². The number of hydrogen-bond donors (Lipinski definition) is 0. The van der Waals surface area contributed by atoms with Gasteiger partial charge in [0.05, 0.1) is 15.2 Å². The monoisotopic (exact) mass is 527 g/mol. The summed E-state index contributed by atoms with van der Waals surface area (Å²) in [6.45, 7) is 4.73. The summed E-state index contributed by atoms with van der Waals surface area (Å²) in [5, 5.41) is 1.37. The van der Waals surface area contributed by atoms with Crippen molar-refractivity contribution in [1.82, 2.24) is 4.98 Å². The molecule has 3 heteroatoms. The second-order valence-corrected chi connectivity index (χ2v) is 14.2. The fourth-order valence-corrected chi connectivity index (χ4v) is 8.81. The third kappa shape index (κ3) is 5.51. The van der Waals surface area contributed by atoms with Gasteiger partial charge in [-0.25, -0.2) is 4.98 Å². The predicted octanol–water partition coefficient (Wildman–Crippen LogP) is 11.0. The molecule has 0 N–H and O–H groups in total. The zero-order chi connectivity index (χ0) is 25.2. The summed E-state index contributed by atoms with van der Waals surface area (Å²) in [5.74, 6) is 1.38. The number of aromatic nitrogens is 1. The minimum Gasteiger partial charge on any atom is -0.241 e. The van der Waals surface area contributed by atoms with E-state index >= 15 is 0 Å². The Morgan fingerprint density at radius 3 is 2.11 bits per heavy atom. The van der Waals surface area contributed by atoms with E-state index in [2.05, 4.69) is 62.1 Å². The van der Waals surface area contributed by atoms with Crippen LogP contribution >= 0.6 is 23.1 Å². The lowest BCUT2D eigenvalue weighted by molar-refractivity contribution is 0.455. The first-order chi connectivity index (χ1) is 18.1. The van der Waals surface area contributed by atoms with Crippen molar-refractivity contribution >= 4 is 39.4 Å². The van der Waals surface area contributed by atoms with Gasteiger partial charge in [-0.3, -0.25) is 0 Å². The molecule has 1 nitrogen and oxygen atoms in total. The standard InChI is InChI=1S/C34H41NS2/c1-34(2,27-17-20-31-26(22-27)16-19-30(36-31)24-12-8-6-7-9-13-24)28-18-21-32-29(23-28)35-33(37-32)25-14-10-4-3-5-11-15-25/h16-18,20-25H,3-15H2,1-2H3. The van der Waals surface area contributed by atoms with Gasteiger partial charge in [-0.15, -0.1) is 17.1 Å². The van der Waals surface area contributed by atoms with Crippen molar-refractivity contribution in [3.8, 4) is 0 Å². The molecule has 2 saturated carbocycles. The predicted molar refractivity (Wildman–Crippen MR) is 162 cm³/mol. The second kappa shape index (κ2) is 11.1. The van der Waals surface area contributed by atoms with Crippen molar-refractivity contribution in [2.45, 2.75) is 114 Å².